The lowest BCUT2D eigenvalue weighted by Gasteiger charge is -2.36. The number of hydrogen-bond acceptors (Lipinski definition) is 4. The van der Waals surface area contributed by atoms with Crippen LogP contribution in [-0.2, 0) is 16.0 Å². The SMILES string of the molecule is CC1(Nc2cc3c(cc2N)CC(=O)N3)CCOCC1. The highest BCUT2D eigenvalue weighted by Crippen LogP contribution is 2.34. The van der Waals surface area contributed by atoms with E-state index in [0.717, 1.165) is 43.0 Å². The largest absolute Gasteiger partial charge is 0.397 e. The summed E-state index contributed by atoms with van der Waals surface area (Å²) in [5.41, 5.74) is 9.53. The van der Waals surface area contributed by atoms with Crippen molar-refractivity contribution in [3.05, 3.63) is 17.7 Å². The molecule has 2 aliphatic heterocycles. The highest BCUT2D eigenvalue weighted by atomic mass is 16.5. The van der Waals surface area contributed by atoms with Crippen LogP contribution in [0.5, 0.6) is 0 Å². The summed E-state index contributed by atoms with van der Waals surface area (Å²) in [6.45, 7) is 3.72. The van der Waals surface area contributed by atoms with Crippen LogP contribution in [0, 0.1) is 0 Å². The molecule has 0 spiro atoms. The van der Waals surface area contributed by atoms with Crippen molar-refractivity contribution in [2.24, 2.45) is 0 Å². The molecule has 0 aliphatic carbocycles. The van der Waals surface area contributed by atoms with Crippen molar-refractivity contribution in [2.45, 2.75) is 31.7 Å². The van der Waals surface area contributed by atoms with Crippen molar-refractivity contribution in [1.82, 2.24) is 0 Å². The summed E-state index contributed by atoms with van der Waals surface area (Å²) in [6, 6.07) is 3.83. The zero-order valence-corrected chi connectivity index (χ0v) is 11.1. The van der Waals surface area contributed by atoms with E-state index in [9.17, 15) is 4.79 Å². The molecular formula is C14H19N3O2. The molecule has 1 fully saturated rings. The van der Waals surface area contributed by atoms with E-state index < -0.39 is 0 Å². The second-order valence-electron chi connectivity index (χ2n) is 5.62. The van der Waals surface area contributed by atoms with Crippen molar-refractivity contribution < 1.29 is 9.53 Å². The maximum Gasteiger partial charge on any atom is 0.228 e. The van der Waals surface area contributed by atoms with Crippen molar-refractivity contribution >= 4 is 23.0 Å². The van der Waals surface area contributed by atoms with Crippen LogP contribution in [0.4, 0.5) is 17.1 Å². The number of carbonyl (C=O) groups is 1. The standard InChI is InChI=1S/C14H19N3O2/c1-14(2-4-19-5-3-14)17-12-8-11-9(6-10(12)15)7-13(18)16-11/h6,8,17H,2-5,7,15H2,1H3,(H,16,18). The molecule has 5 nitrogen and oxygen atoms in total. The van der Waals surface area contributed by atoms with Crippen LogP contribution < -0.4 is 16.4 Å². The first-order valence-electron chi connectivity index (χ1n) is 6.64. The molecule has 1 saturated heterocycles. The van der Waals surface area contributed by atoms with Gasteiger partial charge in [0.1, 0.15) is 0 Å². The van der Waals surface area contributed by atoms with Crippen molar-refractivity contribution in [1.29, 1.82) is 0 Å². The number of nitrogens with one attached hydrogen (secondary N) is 2. The lowest BCUT2D eigenvalue weighted by Crippen LogP contribution is -2.40. The molecule has 3 rings (SSSR count). The molecule has 5 heteroatoms. The molecule has 2 aliphatic rings. The molecule has 0 unspecified atom stereocenters. The molecule has 0 atom stereocenters. The van der Waals surface area contributed by atoms with Crippen LogP contribution in [-0.4, -0.2) is 24.7 Å². The number of anilines is 3. The van der Waals surface area contributed by atoms with E-state index in [1.165, 1.54) is 0 Å². The van der Waals surface area contributed by atoms with Gasteiger partial charge in [0.25, 0.3) is 0 Å². The number of fused-ring (bicyclic) bond motifs is 1. The minimum Gasteiger partial charge on any atom is -0.397 e. The minimum absolute atomic E-state index is 0.00319. The van der Waals surface area contributed by atoms with Gasteiger partial charge in [0.2, 0.25) is 5.91 Å². The first-order chi connectivity index (χ1) is 9.06. The molecule has 102 valence electrons. The maximum absolute atomic E-state index is 11.4. The predicted octanol–water partition coefficient (Wildman–Crippen LogP) is 1.74. The third kappa shape index (κ3) is 2.38. The predicted molar refractivity (Wildman–Crippen MR) is 75.3 cm³/mol. The Bertz CT molecular complexity index is 522. The third-order valence-corrected chi connectivity index (χ3v) is 3.93. The van der Waals surface area contributed by atoms with Gasteiger partial charge in [-0.2, -0.15) is 0 Å². The molecule has 1 amide bonds. The number of benzene rings is 1. The average molecular weight is 261 g/mol. The number of rotatable bonds is 2. The van der Waals surface area contributed by atoms with Crippen molar-refractivity contribution in [3.63, 3.8) is 0 Å². The summed E-state index contributed by atoms with van der Waals surface area (Å²) in [4.78, 5) is 11.4. The number of hydrogen-bond donors (Lipinski definition) is 3. The Morgan fingerprint density at radius 1 is 1.37 bits per heavy atom. The molecule has 0 saturated carbocycles. The van der Waals surface area contributed by atoms with Gasteiger partial charge < -0.3 is 21.1 Å². The second kappa shape index (κ2) is 4.42. The summed E-state index contributed by atoms with van der Waals surface area (Å²) < 4.78 is 5.39. The van der Waals surface area contributed by atoms with Crippen LogP contribution in [0.3, 0.4) is 0 Å². The summed E-state index contributed by atoms with van der Waals surface area (Å²) >= 11 is 0. The zero-order chi connectivity index (χ0) is 13.5. The van der Waals surface area contributed by atoms with Crippen LogP contribution in [0.1, 0.15) is 25.3 Å². The van der Waals surface area contributed by atoms with E-state index in [2.05, 4.69) is 17.6 Å². The molecule has 1 aromatic rings. The molecular weight excluding hydrogens is 242 g/mol. The summed E-state index contributed by atoms with van der Waals surface area (Å²) in [6.07, 6.45) is 2.33. The van der Waals surface area contributed by atoms with Gasteiger partial charge in [-0.1, -0.05) is 0 Å². The monoisotopic (exact) mass is 261 g/mol. The number of nitrogens with two attached hydrogens (primary N) is 1. The lowest BCUT2D eigenvalue weighted by atomic mass is 9.92. The van der Waals surface area contributed by atoms with Crippen LogP contribution >= 0.6 is 0 Å². The van der Waals surface area contributed by atoms with Crippen LogP contribution in [0.2, 0.25) is 0 Å². The Balaban J connectivity index is 1.85. The van der Waals surface area contributed by atoms with Crippen LogP contribution in [0.25, 0.3) is 0 Å². The smallest absolute Gasteiger partial charge is 0.228 e. The molecule has 19 heavy (non-hydrogen) atoms. The van der Waals surface area contributed by atoms with E-state index in [1.807, 2.05) is 12.1 Å². The van der Waals surface area contributed by atoms with E-state index in [4.69, 9.17) is 10.5 Å². The highest BCUT2D eigenvalue weighted by molar-refractivity contribution is 6.00. The Morgan fingerprint density at radius 3 is 2.84 bits per heavy atom. The Labute approximate surface area is 112 Å². The fourth-order valence-electron chi connectivity index (χ4n) is 2.67. The quantitative estimate of drug-likeness (QED) is 0.709. The number of carbonyl (C=O) groups excluding carboxylic acids is 1. The lowest BCUT2D eigenvalue weighted by molar-refractivity contribution is -0.115. The van der Waals surface area contributed by atoms with Crippen molar-refractivity contribution in [3.8, 4) is 0 Å². The molecule has 1 aromatic carbocycles. The first kappa shape index (κ1) is 12.3. The van der Waals surface area contributed by atoms with Gasteiger partial charge in [-0.3, -0.25) is 4.79 Å². The van der Waals surface area contributed by atoms with Gasteiger partial charge >= 0.3 is 0 Å². The average Bonchev–Trinajstić information content (AvgIpc) is 2.69. The molecule has 4 N–H and O–H groups in total. The Kier molecular flexibility index (Phi) is 2.86. The van der Waals surface area contributed by atoms with Gasteiger partial charge in [0.15, 0.2) is 0 Å². The van der Waals surface area contributed by atoms with E-state index in [-0.39, 0.29) is 11.4 Å². The van der Waals surface area contributed by atoms with Gasteiger partial charge in [-0.15, -0.1) is 0 Å². The topological polar surface area (TPSA) is 76.4 Å². The molecule has 0 bridgehead atoms. The molecule has 0 radical (unpaired) electrons. The molecule has 0 aromatic heterocycles. The normalized spacial score (nSPS) is 20.8. The van der Waals surface area contributed by atoms with Gasteiger partial charge in [-0.25, -0.2) is 0 Å². The van der Waals surface area contributed by atoms with Crippen molar-refractivity contribution in [2.75, 3.05) is 29.6 Å². The van der Waals surface area contributed by atoms with E-state index >= 15 is 0 Å². The maximum atomic E-state index is 11.4. The van der Waals surface area contributed by atoms with E-state index in [0.29, 0.717) is 12.1 Å². The zero-order valence-electron chi connectivity index (χ0n) is 11.1. The third-order valence-electron chi connectivity index (χ3n) is 3.93. The van der Waals surface area contributed by atoms with E-state index in [1.54, 1.807) is 0 Å². The summed E-state index contributed by atoms with van der Waals surface area (Å²) in [5, 5.41) is 6.37. The first-order valence-corrected chi connectivity index (χ1v) is 6.64. The van der Waals surface area contributed by atoms with Gasteiger partial charge in [-0.05, 0) is 37.5 Å². The molecule has 2 heterocycles. The van der Waals surface area contributed by atoms with Crippen LogP contribution in [0.15, 0.2) is 12.1 Å². The number of ether oxygens (including phenoxy) is 1. The number of nitrogen functional groups attached to an aromatic ring is 1. The summed E-state index contributed by atoms with van der Waals surface area (Å²) in [5.74, 6) is 0.0313. The minimum atomic E-state index is 0.00319. The summed E-state index contributed by atoms with van der Waals surface area (Å²) in [7, 11) is 0. The van der Waals surface area contributed by atoms with Gasteiger partial charge in [0, 0.05) is 24.4 Å². The highest BCUT2D eigenvalue weighted by Gasteiger charge is 2.28. The Hall–Kier alpha value is -1.75. The second-order valence-corrected chi connectivity index (χ2v) is 5.62. The number of amides is 1. The Morgan fingerprint density at radius 2 is 2.11 bits per heavy atom. The fraction of sp³-hybridized carbons (Fsp3) is 0.500. The van der Waals surface area contributed by atoms with Gasteiger partial charge in [0.05, 0.1) is 17.8 Å². The fourth-order valence-corrected chi connectivity index (χ4v) is 2.67.